The van der Waals surface area contributed by atoms with E-state index in [1.807, 2.05) is 11.4 Å². The van der Waals surface area contributed by atoms with Gasteiger partial charge in [-0.3, -0.25) is 0 Å². The average Bonchev–Trinajstić information content (AvgIpc) is 2.83. The van der Waals surface area contributed by atoms with Crippen molar-refractivity contribution in [3.63, 3.8) is 0 Å². The van der Waals surface area contributed by atoms with Crippen molar-refractivity contribution in [2.24, 2.45) is 0 Å². The molecule has 3 nitrogen and oxygen atoms in total. The van der Waals surface area contributed by atoms with Crippen molar-refractivity contribution in [1.29, 1.82) is 0 Å². The fourth-order valence-corrected chi connectivity index (χ4v) is 2.53. The highest BCUT2D eigenvalue weighted by Gasteiger charge is 2.10. The molecule has 0 fully saturated rings. The Morgan fingerprint density at radius 1 is 1.60 bits per heavy atom. The van der Waals surface area contributed by atoms with Crippen LogP contribution < -0.4 is 5.32 Å². The van der Waals surface area contributed by atoms with Gasteiger partial charge in [-0.15, -0.1) is 11.3 Å². The van der Waals surface area contributed by atoms with Gasteiger partial charge >= 0.3 is 0 Å². The summed E-state index contributed by atoms with van der Waals surface area (Å²) in [6, 6.07) is 1.88. The van der Waals surface area contributed by atoms with Crippen molar-refractivity contribution in [1.82, 2.24) is 10.3 Å². The van der Waals surface area contributed by atoms with Crippen LogP contribution in [-0.4, -0.2) is 11.5 Å². The van der Waals surface area contributed by atoms with Crippen LogP contribution >= 0.6 is 27.3 Å². The van der Waals surface area contributed by atoms with Gasteiger partial charge in [-0.2, -0.15) is 0 Å². The molecule has 0 atom stereocenters. The molecule has 15 heavy (non-hydrogen) atoms. The molecule has 0 radical (unpaired) electrons. The summed E-state index contributed by atoms with van der Waals surface area (Å²) in [5.74, 6) is 0.808. The fourth-order valence-electron chi connectivity index (χ4n) is 1.19. The zero-order valence-corrected chi connectivity index (χ0v) is 10.7. The van der Waals surface area contributed by atoms with E-state index in [4.69, 9.17) is 4.42 Å². The minimum Gasteiger partial charge on any atom is -0.461 e. The van der Waals surface area contributed by atoms with Crippen LogP contribution in [0.4, 0.5) is 0 Å². The average molecular weight is 287 g/mol. The monoisotopic (exact) mass is 286 g/mol. The van der Waals surface area contributed by atoms with Gasteiger partial charge in [0.2, 0.25) is 0 Å². The maximum Gasteiger partial charge on any atom is 0.176 e. The minimum absolute atomic E-state index is 0.808. The van der Waals surface area contributed by atoms with Gasteiger partial charge in [-0.05, 0) is 28.5 Å². The van der Waals surface area contributed by atoms with Crippen LogP contribution in [0.5, 0.6) is 0 Å². The lowest BCUT2D eigenvalue weighted by Crippen LogP contribution is -2.11. The highest BCUT2D eigenvalue weighted by atomic mass is 79.9. The first-order chi connectivity index (χ1) is 7.31. The second kappa shape index (κ2) is 4.92. The fraction of sp³-hybridized carbons (Fsp3) is 0.300. The molecule has 0 saturated carbocycles. The molecule has 0 unspecified atom stereocenters. The van der Waals surface area contributed by atoms with Gasteiger partial charge in [0.15, 0.2) is 10.8 Å². The molecule has 0 saturated heterocycles. The Bertz CT molecular complexity index is 438. The SMILES string of the molecule is CCNCc1csc(-c2occc2Br)n1. The predicted molar refractivity (Wildman–Crippen MR) is 64.9 cm³/mol. The third-order valence-electron chi connectivity index (χ3n) is 1.92. The van der Waals surface area contributed by atoms with E-state index in [1.165, 1.54) is 0 Å². The molecule has 1 N–H and O–H groups in total. The van der Waals surface area contributed by atoms with E-state index >= 15 is 0 Å². The van der Waals surface area contributed by atoms with Gasteiger partial charge in [0.1, 0.15) is 0 Å². The van der Waals surface area contributed by atoms with Crippen molar-refractivity contribution in [2.75, 3.05) is 6.54 Å². The highest BCUT2D eigenvalue weighted by molar-refractivity contribution is 9.10. The number of rotatable bonds is 4. The van der Waals surface area contributed by atoms with Crippen LogP contribution in [-0.2, 0) is 6.54 Å². The number of halogens is 1. The maximum absolute atomic E-state index is 5.35. The van der Waals surface area contributed by atoms with E-state index in [-0.39, 0.29) is 0 Å². The number of furan rings is 1. The summed E-state index contributed by atoms with van der Waals surface area (Å²) in [7, 11) is 0. The van der Waals surface area contributed by atoms with Crippen LogP contribution in [0, 0.1) is 0 Å². The van der Waals surface area contributed by atoms with Crippen LogP contribution in [0.15, 0.2) is 26.6 Å². The largest absolute Gasteiger partial charge is 0.461 e. The molecular formula is C10H11BrN2OS. The zero-order valence-electron chi connectivity index (χ0n) is 8.29. The Morgan fingerprint density at radius 3 is 3.13 bits per heavy atom. The minimum atomic E-state index is 0.808. The Labute approximate surface area is 101 Å². The van der Waals surface area contributed by atoms with Crippen LogP contribution in [0.3, 0.4) is 0 Å². The molecule has 0 aliphatic heterocycles. The summed E-state index contributed by atoms with van der Waals surface area (Å²) < 4.78 is 6.30. The number of hydrogen-bond donors (Lipinski definition) is 1. The molecule has 5 heteroatoms. The molecule has 0 aliphatic rings. The first-order valence-electron chi connectivity index (χ1n) is 4.69. The number of nitrogens with zero attached hydrogens (tertiary/aromatic N) is 1. The first kappa shape index (κ1) is 10.9. The molecule has 2 aromatic heterocycles. The smallest absolute Gasteiger partial charge is 0.176 e. The van der Waals surface area contributed by atoms with Crippen LogP contribution in [0.25, 0.3) is 10.8 Å². The van der Waals surface area contributed by atoms with E-state index in [0.29, 0.717) is 0 Å². The lowest BCUT2D eigenvalue weighted by molar-refractivity contribution is 0.580. The van der Waals surface area contributed by atoms with Crippen LogP contribution in [0.2, 0.25) is 0 Å². The second-order valence-electron chi connectivity index (χ2n) is 3.02. The Hall–Kier alpha value is -0.650. The Morgan fingerprint density at radius 2 is 2.47 bits per heavy atom. The third kappa shape index (κ3) is 2.48. The van der Waals surface area contributed by atoms with E-state index in [1.54, 1.807) is 17.6 Å². The summed E-state index contributed by atoms with van der Waals surface area (Å²) in [4.78, 5) is 4.48. The maximum atomic E-state index is 5.35. The van der Waals surface area contributed by atoms with Gasteiger partial charge in [0.05, 0.1) is 16.4 Å². The normalized spacial score (nSPS) is 10.8. The predicted octanol–water partition coefficient (Wildman–Crippen LogP) is 3.28. The molecule has 0 spiro atoms. The molecule has 0 amide bonds. The highest BCUT2D eigenvalue weighted by Crippen LogP contribution is 2.31. The summed E-state index contributed by atoms with van der Waals surface area (Å²) in [6.07, 6.45) is 1.66. The molecule has 2 rings (SSSR count). The lowest BCUT2D eigenvalue weighted by Gasteiger charge is -1.95. The van der Waals surface area contributed by atoms with Crippen molar-refractivity contribution in [3.8, 4) is 10.8 Å². The second-order valence-corrected chi connectivity index (χ2v) is 4.73. The van der Waals surface area contributed by atoms with E-state index in [2.05, 4.69) is 33.2 Å². The molecule has 2 aromatic rings. The van der Waals surface area contributed by atoms with E-state index in [0.717, 1.165) is 34.0 Å². The van der Waals surface area contributed by atoms with Crippen molar-refractivity contribution in [2.45, 2.75) is 13.5 Å². The molecule has 0 aromatic carbocycles. The van der Waals surface area contributed by atoms with E-state index < -0.39 is 0 Å². The lowest BCUT2D eigenvalue weighted by atomic mass is 10.4. The summed E-state index contributed by atoms with van der Waals surface area (Å²) in [6.45, 7) is 3.85. The number of nitrogens with one attached hydrogen (secondary N) is 1. The quantitative estimate of drug-likeness (QED) is 0.937. The third-order valence-corrected chi connectivity index (χ3v) is 3.43. The van der Waals surface area contributed by atoms with Gasteiger partial charge in [-0.25, -0.2) is 4.98 Å². The Kier molecular flexibility index (Phi) is 3.56. The zero-order chi connectivity index (χ0) is 10.7. The molecule has 80 valence electrons. The van der Waals surface area contributed by atoms with Crippen molar-refractivity contribution >= 4 is 27.3 Å². The summed E-state index contributed by atoms with van der Waals surface area (Å²) >= 11 is 5.02. The molecular weight excluding hydrogens is 276 g/mol. The molecule has 2 heterocycles. The summed E-state index contributed by atoms with van der Waals surface area (Å²) in [5.41, 5.74) is 1.06. The number of hydrogen-bond acceptors (Lipinski definition) is 4. The van der Waals surface area contributed by atoms with E-state index in [9.17, 15) is 0 Å². The topological polar surface area (TPSA) is 38.1 Å². The molecule has 0 aliphatic carbocycles. The summed E-state index contributed by atoms with van der Waals surface area (Å²) in [5, 5.41) is 6.20. The van der Waals surface area contributed by atoms with Crippen LogP contribution in [0.1, 0.15) is 12.6 Å². The number of thiazole rings is 1. The molecule has 0 bridgehead atoms. The van der Waals surface area contributed by atoms with Crippen molar-refractivity contribution in [3.05, 3.63) is 27.9 Å². The van der Waals surface area contributed by atoms with Gasteiger partial charge in [-0.1, -0.05) is 6.92 Å². The Balaban J connectivity index is 2.17. The van der Waals surface area contributed by atoms with Gasteiger partial charge in [0, 0.05) is 11.9 Å². The first-order valence-corrected chi connectivity index (χ1v) is 6.37. The van der Waals surface area contributed by atoms with Gasteiger partial charge < -0.3 is 9.73 Å². The number of aromatic nitrogens is 1. The van der Waals surface area contributed by atoms with Crippen molar-refractivity contribution < 1.29 is 4.42 Å². The standard InChI is InChI=1S/C10H11BrN2OS/c1-2-12-5-7-6-15-10(13-7)9-8(11)3-4-14-9/h3-4,6,12H,2,5H2,1H3. The van der Waals surface area contributed by atoms with Gasteiger partial charge in [0.25, 0.3) is 0 Å².